The minimum atomic E-state index is -0.179. The van der Waals surface area contributed by atoms with Crippen LogP contribution in [0.1, 0.15) is 30.0 Å². The second kappa shape index (κ2) is 7.61. The lowest BCUT2D eigenvalue weighted by atomic mass is 10.1. The Bertz CT molecular complexity index is 839. The molecule has 0 spiro atoms. The number of amides is 1. The van der Waals surface area contributed by atoms with Gasteiger partial charge in [-0.15, -0.1) is 0 Å². The molecule has 1 aromatic heterocycles. The molecule has 0 aliphatic heterocycles. The average Bonchev–Trinajstić information content (AvgIpc) is 3.12. The Balaban J connectivity index is 1.67. The van der Waals surface area contributed by atoms with Gasteiger partial charge in [0.1, 0.15) is 5.75 Å². The predicted octanol–water partition coefficient (Wildman–Crippen LogP) is 3.95. The number of hydrogen-bond donors (Lipinski definition) is 1. The van der Waals surface area contributed by atoms with Crippen molar-refractivity contribution in [3.8, 4) is 17.2 Å². The van der Waals surface area contributed by atoms with Crippen LogP contribution >= 0.6 is 0 Å². The van der Waals surface area contributed by atoms with Crippen LogP contribution in [0.15, 0.2) is 53.1 Å². The monoisotopic (exact) mass is 337 g/mol. The van der Waals surface area contributed by atoms with Crippen molar-refractivity contribution in [2.24, 2.45) is 0 Å². The van der Waals surface area contributed by atoms with E-state index in [2.05, 4.69) is 15.5 Å². The van der Waals surface area contributed by atoms with Gasteiger partial charge in [0, 0.05) is 23.2 Å². The lowest BCUT2D eigenvalue weighted by Gasteiger charge is -2.07. The number of aromatic nitrogens is 2. The van der Waals surface area contributed by atoms with Gasteiger partial charge < -0.3 is 14.6 Å². The normalized spacial score (nSPS) is 10.5. The Labute approximate surface area is 145 Å². The lowest BCUT2D eigenvalue weighted by Crippen LogP contribution is -2.11. The zero-order chi connectivity index (χ0) is 17.6. The number of hydrogen-bond acceptors (Lipinski definition) is 5. The lowest BCUT2D eigenvalue weighted by molar-refractivity contribution is 0.102. The summed E-state index contributed by atoms with van der Waals surface area (Å²) in [6.07, 6.45) is 0.722. The molecule has 1 heterocycles. The molecule has 3 aromatic rings. The molecule has 0 aliphatic carbocycles. The molecule has 0 unspecified atom stereocenters. The summed E-state index contributed by atoms with van der Waals surface area (Å²) in [4.78, 5) is 16.6. The minimum absolute atomic E-state index is 0.179. The number of benzene rings is 2. The van der Waals surface area contributed by atoms with Gasteiger partial charge in [0.2, 0.25) is 0 Å². The van der Waals surface area contributed by atoms with Crippen LogP contribution in [0.4, 0.5) is 5.69 Å². The van der Waals surface area contributed by atoms with E-state index < -0.39 is 0 Å². The molecule has 25 heavy (non-hydrogen) atoms. The molecule has 128 valence electrons. The second-order valence-corrected chi connectivity index (χ2v) is 5.36. The van der Waals surface area contributed by atoms with Gasteiger partial charge >= 0.3 is 0 Å². The first-order chi connectivity index (χ1) is 12.2. The first-order valence-corrected chi connectivity index (χ1v) is 8.16. The number of nitrogens with zero attached hydrogens (tertiary/aromatic N) is 2. The van der Waals surface area contributed by atoms with E-state index in [4.69, 9.17) is 9.26 Å². The number of aryl methyl sites for hydroxylation is 1. The summed E-state index contributed by atoms with van der Waals surface area (Å²) in [7, 11) is 0. The van der Waals surface area contributed by atoms with Gasteiger partial charge in [-0.05, 0) is 55.5 Å². The van der Waals surface area contributed by atoms with Gasteiger partial charge in [0.25, 0.3) is 11.8 Å². The SMILES string of the molecule is CCOc1ccc(C(=O)Nc2ccc(-c3nc(CC)no3)cc2)cc1. The molecule has 0 radical (unpaired) electrons. The van der Waals surface area contributed by atoms with E-state index in [1.165, 1.54) is 0 Å². The number of anilines is 1. The first kappa shape index (κ1) is 16.7. The summed E-state index contributed by atoms with van der Waals surface area (Å²) in [5.41, 5.74) is 2.07. The Morgan fingerprint density at radius 1 is 1.08 bits per heavy atom. The van der Waals surface area contributed by atoms with Crippen LogP contribution in [-0.4, -0.2) is 22.7 Å². The fourth-order valence-electron chi connectivity index (χ4n) is 2.28. The molecular weight excluding hydrogens is 318 g/mol. The van der Waals surface area contributed by atoms with Crippen molar-refractivity contribution >= 4 is 11.6 Å². The molecule has 0 bridgehead atoms. The highest BCUT2D eigenvalue weighted by molar-refractivity contribution is 6.04. The molecule has 6 heteroatoms. The quantitative estimate of drug-likeness (QED) is 0.737. The maximum absolute atomic E-state index is 12.3. The van der Waals surface area contributed by atoms with Gasteiger partial charge in [0.05, 0.1) is 6.61 Å². The summed E-state index contributed by atoms with van der Waals surface area (Å²) >= 11 is 0. The largest absolute Gasteiger partial charge is 0.494 e. The smallest absolute Gasteiger partial charge is 0.257 e. The maximum atomic E-state index is 12.3. The van der Waals surface area contributed by atoms with Crippen LogP contribution in [0.25, 0.3) is 11.5 Å². The predicted molar refractivity (Wildman–Crippen MR) is 94.7 cm³/mol. The average molecular weight is 337 g/mol. The summed E-state index contributed by atoms with van der Waals surface area (Å²) in [6, 6.07) is 14.3. The highest BCUT2D eigenvalue weighted by Crippen LogP contribution is 2.20. The van der Waals surface area contributed by atoms with Crippen molar-refractivity contribution in [2.45, 2.75) is 20.3 Å². The summed E-state index contributed by atoms with van der Waals surface area (Å²) in [5.74, 6) is 1.71. The zero-order valence-electron chi connectivity index (χ0n) is 14.2. The highest BCUT2D eigenvalue weighted by Gasteiger charge is 2.09. The van der Waals surface area contributed by atoms with Gasteiger partial charge in [-0.1, -0.05) is 12.1 Å². The van der Waals surface area contributed by atoms with Crippen molar-refractivity contribution in [1.29, 1.82) is 0 Å². The minimum Gasteiger partial charge on any atom is -0.494 e. The van der Waals surface area contributed by atoms with E-state index in [1.807, 2.05) is 26.0 Å². The van der Waals surface area contributed by atoms with Crippen LogP contribution in [0.3, 0.4) is 0 Å². The van der Waals surface area contributed by atoms with Gasteiger partial charge in [0.15, 0.2) is 5.82 Å². The van der Waals surface area contributed by atoms with Crippen molar-refractivity contribution in [1.82, 2.24) is 10.1 Å². The van der Waals surface area contributed by atoms with Crippen LogP contribution in [0.5, 0.6) is 5.75 Å². The molecular formula is C19H19N3O3. The molecule has 0 saturated heterocycles. The number of carbonyl (C=O) groups excluding carboxylic acids is 1. The topological polar surface area (TPSA) is 77.2 Å². The fraction of sp³-hybridized carbons (Fsp3) is 0.211. The van der Waals surface area contributed by atoms with E-state index in [1.54, 1.807) is 36.4 Å². The van der Waals surface area contributed by atoms with Crippen LogP contribution in [0.2, 0.25) is 0 Å². The van der Waals surface area contributed by atoms with Gasteiger partial charge in [-0.25, -0.2) is 0 Å². The molecule has 0 atom stereocenters. The Morgan fingerprint density at radius 3 is 2.40 bits per heavy atom. The summed E-state index contributed by atoms with van der Waals surface area (Å²) in [6.45, 7) is 4.48. The molecule has 0 saturated carbocycles. The van der Waals surface area contributed by atoms with Crippen molar-refractivity contribution in [2.75, 3.05) is 11.9 Å². The van der Waals surface area contributed by atoms with Crippen molar-refractivity contribution in [3.63, 3.8) is 0 Å². The number of ether oxygens (including phenoxy) is 1. The van der Waals surface area contributed by atoms with Crippen molar-refractivity contribution in [3.05, 3.63) is 59.9 Å². The number of rotatable bonds is 6. The third kappa shape index (κ3) is 4.03. The zero-order valence-corrected chi connectivity index (χ0v) is 14.2. The molecule has 2 aromatic carbocycles. The molecule has 6 nitrogen and oxygen atoms in total. The van der Waals surface area contributed by atoms with E-state index in [0.717, 1.165) is 17.7 Å². The number of carbonyl (C=O) groups is 1. The molecule has 1 amide bonds. The maximum Gasteiger partial charge on any atom is 0.257 e. The summed E-state index contributed by atoms with van der Waals surface area (Å²) in [5, 5.41) is 6.73. The standard InChI is InChI=1S/C19H19N3O3/c1-3-17-21-19(25-22-17)14-5-9-15(10-6-14)20-18(23)13-7-11-16(12-8-13)24-4-2/h5-12H,3-4H2,1-2H3,(H,20,23). The fourth-order valence-corrected chi connectivity index (χ4v) is 2.28. The van der Waals surface area contributed by atoms with E-state index >= 15 is 0 Å². The Hall–Kier alpha value is -3.15. The molecule has 3 rings (SSSR count). The van der Waals surface area contributed by atoms with Crippen LogP contribution in [0, 0.1) is 0 Å². The third-order valence-electron chi connectivity index (χ3n) is 3.60. The summed E-state index contributed by atoms with van der Waals surface area (Å²) < 4.78 is 10.6. The second-order valence-electron chi connectivity index (χ2n) is 5.36. The Kier molecular flexibility index (Phi) is 5.09. The van der Waals surface area contributed by atoms with E-state index in [0.29, 0.717) is 29.6 Å². The molecule has 0 fully saturated rings. The van der Waals surface area contributed by atoms with E-state index in [-0.39, 0.29) is 5.91 Å². The third-order valence-corrected chi connectivity index (χ3v) is 3.60. The van der Waals surface area contributed by atoms with Crippen LogP contribution < -0.4 is 10.1 Å². The highest BCUT2D eigenvalue weighted by atomic mass is 16.5. The Morgan fingerprint density at radius 2 is 1.80 bits per heavy atom. The van der Waals surface area contributed by atoms with E-state index in [9.17, 15) is 4.79 Å². The molecule has 1 N–H and O–H groups in total. The van der Waals surface area contributed by atoms with Crippen LogP contribution in [-0.2, 0) is 6.42 Å². The van der Waals surface area contributed by atoms with Gasteiger partial charge in [-0.3, -0.25) is 4.79 Å². The van der Waals surface area contributed by atoms with Crippen molar-refractivity contribution < 1.29 is 14.1 Å². The first-order valence-electron chi connectivity index (χ1n) is 8.16. The van der Waals surface area contributed by atoms with Gasteiger partial charge in [-0.2, -0.15) is 4.98 Å². The molecule has 0 aliphatic rings. The number of nitrogens with one attached hydrogen (secondary N) is 1.